The Labute approximate surface area is 110 Å². The van der Waals surface area contributed by atoms with Gasteiger partial charge in [-0.2, -0.15) is 23.5 Å². The molecule has 0 aromatic heterocycles. The SMILES string of the molecule is CCCC(C)C(NC)C1SCCSC1CC. The van der Waals surface area contributed by atoms with E-state index in [1.807, 2.05) is 0 Å². The molecule has 1 N–H and O–H groups in total. The third-order valence-corrected chi connectivity index (χ3v) is 6.91. The molecule has 3 heteroatoms. The zero-order valence-corrected chi connectivity index (χ0v) is 12.8. The number of nitrogens with one attached hydrogen (secondary N) is 1. The van der Waals surface area contributed by atoms with Gasteiger partial charge >= 0.3 is 0 Å². The largest absolute Gasteiger partial charge is 0.316 e. The molecule has 0 radical (unpaired) electrons. The van der Waals surface area contributed by atoms with E-state index in [4.69, 9.17) is 0 Å². The van der Waals surface area contributed by atoms with Gasteiger partial charge in [0.15, 0.2) is 0 Å². The molecule has 4 atom stereocenters. The van der Waals surface area contributed by atoms with Gasteiger partial charge in [-0.3, -0.25) is 0 Å². The van der Waals surface area contributed by atoms with Crippen molar-refractivity contribution in [2.45, 2.75) is 56.6 Å². The smallest absolute Gasteiger partial charge is 0.0322 e. The van der Waals surface area contributed by atoms with Crippen LogP contribution >= 0.6 is 23.5 Å². The zero-order valence-electron chi connectivity index (χ0n) is 11.2. The fourth-order valence-corrected chi connectivity index (χ4v) is 6.11. The lowest BCUT2D eigenvalue weighted by molar-refractivity contribution is 0.358. The molecular formula is C13H27NS2. The maximum absolute atomic E-state index is 3.59. The lowest BCUT2D eigenvalue weighted by Gasteiger charge is -2.38. The Morgan fingerprint density at radius 1 is 1.25 bits per heavy atom. The first-order chi connectivity index (χ1) is 7.74. The van der Waals surface area contributed by atoms with Crippen molar-refractivity contribution in [2.24, 2.45) is 5.92 Å². The summed E-state index contributed by atoms with van der Waals surface area (Å²) in [6, 6.07) is 0.697. The number of hydrogen-bond donors (Lipinski definition) is 1. The van der Waals surface area contributed by atoms with Gasteiger partial charge in [0.2, 0.25) is 0 Å². The minimum atomic E-state index is 0.697. The number of thioether (sulfide) groups is 2. The lowest BCUT2D eigenvalue weighted by atomic mass is 9.92. The van der Waals surface area contributed by atoms with Gasteiger partial charge in [0.25, 0.3) is 0 Å². The van der Waals surface area contributed by atoms with Crippen LogP contribution in [0.15, 0.2) is 0 Å². The van der Waals surface area contributed by atoms with Crippen molar-refractivity contribution in [1.82, 2.24) is 5.32 Å². The standard InChI is InChI=1S/C13H27NS2/c1-5-7-10(3)12(14-4)13-11(6-2)15-8-9-16-13/h10-14H,5-9H2,1-4H3. The molecule has 4 unspecified atom stereocenters. The first-order valence-corrected chi connectivity index (χ1v) is 8.74. The predicted octanol–water partition coefficient (Wildman–Crippen LogP) is 3.64. The molecule has 1 nitrogen and oxygen atoms in total. The van der Waals surface area contributed by atoms with E-state index in [0.29, 0.717) is 6.04 Å². The molecule has 16 heavy (non-hydrogen) atoms. The summed E-state index contributed by atoms with van der Waals surface area (Å²) in [4.78, 5) is 0. The van der Waals surface area contributed by atoms with Crippen molar-refractivity contribution in [3.05, 3.63) is 0 Å². The van der Waals surface area contributed by atoms with E-state index in [1.54, 1.807) is 0 Å². The quantitative estimate of drug-likeness (QED) is 0.784. The van der Waals surface area contributed by atoms with E-state index in [1.165, 1.54) is 30.8 Å². The molecule has 1 aliphatic rings. The van der Waals surface area contributed by atoms with E-state index in [0.717, 1.165) is 16.4 Å². The van der Waals surface area contributed by atoms with Gasteiger partial charge in [-0.25, -0.2) is 0 Å². The average Bonchev–Trinajstić information content (AvgIpc) is 2.31. The Morgan fingerprint density at radius 3 is 2.50 bits per heavy atom. The highest BCUT2D eigenvalue weighted by molar-refractivity contribution is 8.07. The highest BCUT2D eigenvalue weighted by Gasteiger charge is 2.33. The van der Waals surface area contributed by atoms with Crippen LogP contribution in [0, 0.1) is 5.92 Å². The monoisotopic (exact) mass is 261 g/mol. The minimum Gasteiger partial charge on any atom is -0.316 e. The third kappa shape index (κ3) is 3.85. The fourth-order valence-electron chi connectivity index (χ4n) is 2.68. The summed E-state index contributed by atoms with van der Waals surface area (Å²) in [5, 5.41) is 5.26. The predicted molar refractivity (Wildman–Crippen MR) is 79.7 cm³/mol. The molecule has 1 saturated heterocycles. The molecule has 1 rings (SSSR count). The second-order valence-corrected chi connectivity index (χ2v) is 7.37. The molecule has 0 spiro atoms. The van der Waals surface area contributed by atoms with Crippen LogP contribution in [0.4, 0.5) is 0 Å². The third-order valence-electron chi connectivity index (χ3n) is 3.54. The van der Waals surface area contributed by atoms with Crippen LogP contribution < -0.4 is 5.32 Å². The second kappa shape index (κ2) is 7.88. The summed E-state index contributed by atoms with van der Waals surface area (Å²) < 4.78 is 0. The maximum Gasteiger partial charge on any atom is 0.0322 e. The number of hydrogen-bond acceptors (Lipinski definition) is 3. The Hall–Kier alpha value is 0.660. The number of rotatable bonds is 6. The normalized spacial score (nSPS) is 30.0. The van der Waals surface area contributed by atoms with Gasteiger partial charge < -0.3 is 5.32 Å². The van der Waals surface area contributed by atoms with Crippen molar-refractivity contribution in [1.29, 1.82) is 0 Å². The summed E-state index contributed by atoms with van der Waals surface area (Å²) in [6.45, 7) is 7.05. The first-order valence-electron chi connectivity index (χ1n) is 6.65. The molecule has 1 fully saturated rings. The molecule has 0 aliphatic carbocycles. The van der Waals surface area contributed by atoms with Gasteiger partial charge in [0.1, 0.15) is 0 Å². The molecule has 96 valence electrons. The second-order valence-electron chi connectivity index (χ2n) is 4.73. The summed E-state index contributed by atoms with van der Waals surface area (Å²) in [5.74, 6) is 3.49. The highest BCUT2D eigenvalue weighted by Crippen LogP contribution is 2.37. The van der Waals surface area contributed by atoms with Gasteiger partial charge in [0.05, 0.1) is 0 Å². The van der Waals surface area contributed by atoms with Crippen molar-refractivity contribution in [2.75, 3.05) is 18.6 Å². The maximum atomic E-state index is 3.59. The van der Waals surface area contributed by atoms with Crippen LogP contribution in [0.5, 0.6) is 0 Å². The zero-order chi connectivity index (χ0) is 12.0. The van der Waals surface area contributed by atoms with Crippen LogP contribution in [0.2, 0.25) is 0 Å². The lowest BCUT2D eigenvalue weighted by Crippen LogP contribution is -2.47. The topological polar surface area (TPSA) is 12.0 Å². The van der Waals surface area contributed by atoms with Crippen LogP contribution in [0.1, 0.15) is 40.0 Å². The molecule has 0 aromatic rings. The van der Waals surface area contributed by atoms with Gasteiger partial charge in [-0.15, -0.1) is 0 Å². The minimum absolute atomic E-state index is 0.697. The Bertz CT molecular complexity index is 187. The first kappa shape index (κ1) is 14.7. The fraction of sp³-hybridized carbons (Fsp3) is 1.00. The molecular weight excluding hydrogens is 234 g/mol. The highest BCUT2D eigenvalue weighted by atomic mass is 32.2. The van der Waals surface area contributed by atoms with Crippen molar-refractivity contribution in [3.8, 4) is 0 Å². The summed E-state index contributed by atoms with van der Waals surface area (Å²) >= 11 is 4.39. The van der Waals surface area contributed by atoms with Crippen LogP contribution in [-0.4, -0.2) is 35.1 Å². The summed E-state index contributed by atoms with van der Waals surface area (Å²) in [5.41, 5.74) is 0. The van der Waals surface area contributed by atoms with Crippen LogP contribution in [0.25, 0.3) is 0 Å². The van der Waals surface area contributed by atoms with Gasteiger partial charge in [-0.1, -0.05) is 27.2 Å². The van der Waals surface area contributed by atoms with Gasteiger partial charge in [-0.05, 0) is 25.8 Å². The van der Waals surface area contributed by atoms with Crippen molar-refractivity contribution < 1.29 is 0 Å². The van der Waals surface area contributed by atoms with Crippen molar-refractivity contribution >= 4 is 23.5 Å². The van der Waals surface area contributed by atoms with E-state index >= 15 is 0 Å². The molecule has 1 aliphatic heterocycles. The van der Waals surface area contributed by atoms with E-state index in [9.17, 15) is 0 Å². The van der Waals surface area contributed by atoms with E-state index < -0.39 is 0 Å². The van der Waals surface area contributed by atoms with Gasteiger partial charge in [0, 0.05) is 28.0 Å². The van der Waals surface area contributed by atoms with E-state index in [2.05, 4.69) is 56.7 Å². The molecule has 0 amide bonds. The Kier molecular flexibility index (Phi) is 7.25. The molecule has 0 aromatic carbocycles. The van der Waals surface area contributed by atoms with Crippen LogP contribution in [0.3, 0.4) is 0 Å². The summed E-state index contributed by atoms with van der Waals surface area (Å²) in [7, 11) is 2.14. The Balaban J connectivity index is 2.61. The summed E-state index contributed by atoms with van der Waals surface area (Å²) in [6.07, 6.45) is 3.98. The average molecular weight is 261 g/mol. The molecule has 1 heterocycles. The van der Waals surface area contributed by atoms with Crippen molar-refractivity contribution in [3.63, 3.8) is 0 Å². The Morgan fingerprint density at radius 2 is 1.94 bits per heavy atom. The van der Waals surface area contributed by atoms with Crippen LogP contribution in [-0.2, 0) is 0 Å². The molecule has 0 saturated carbocycles. The van der Waals surface area contributed by atoms with E-state index in [-0.39, 0.29) is 0 Å². The molecule has 0 bridgehead atoms.